The number of halogens is 5. The number of alkyl halides is 1. The third-order valence-electron chi connectivity index (χ3n) is 11.2. The van der Waals surface area contributed by atoms with Crippen molar-refractivity contribution in [1.29, 1.82) is 0 Å². The van der Waals surface area contributed by atoms with Gasteiger partial charge in [-0.05, 0) is 115 Å². The molecule has 0 spiro atoms. The third kappa shape index (κ3) is 12.1. The molecule has 0 saturated heterocycles. The molecule has 0 aliphatic heterocycles. The number of benzene rings is 7. The van der Waals surface area contributed by atoms with E-state index in [1.54, 1.807) is 12.1 Å². The molecule has 2 aromatic heterocycles. The average Bonchev–Trinajstić information content (AvgIpc) is 3.76. The number of amides is 1. The Morgan fingerprint density at radius 2 is 1.04 bits per heavy atom. The van der Waals surface area contributed by atoms with Gasteiger partial charge in [0.1, 0.15) is 17.7 Å². The number of aliphatic hydroxyl groups excluding tert-OH is 1. The van der Waals surface area contributed by atoms with Crippen LogP contribution in [-0.2, 0) is 44.1 Å². The first-order valence-electron chi connectivity index (χ1n) is 21.3. The second kappa shape index (κ2) is 21.5. The molecule has 1 amide bonds. The lowest BCUT2D eigenvalue weighted by atomic mass is 10.2. The zero-order valence-electron chi connectivity index (χ0n) is 36.3. The number of nitrogens with zero attached hydrogens (tertiary/aromatic N) is 2. The van der Waals surface area contributed by atoms with Crippen LogP contribution in [0.5, 0.6) is 11.5 Å². The number of carbonyl (C=O) groups is 1. The summed E-state index contributed by atoms with van der Waals surface area (Å²) in [7, 11) is -7.72. The van der Waals surface area contributed by atoms with Gasteiger partial charge in [-0.2, -0.15) is 0 Å². The monoisotopic (exact) mass is 1220 g/mol. The number of aromatic hydroxyl groups is 1. The molecule has 0 bridgehead atoms. The maximum Gasteiger partial charge on any atom is 0.258 e. The zero-order valence-corrected chi connectivity index (χ0v) is 44.3. The first-order valence-corrected chi connectivity index (χ1v) is 27.8. The summed E-state index contributed by atoms with van der Waals surface area (Å²) in [5.41, 5.74) is 4.42. The molecule has 2 unspecified atom stereocenters. The molecule has 18 heteroatoms. The summed E-state index contributed by atoms with van der Waals surface area (Å²) in [5, 5.41) is 27.2. The molecule has 3 N–H and O–H groups in total. The summed E-state index contributed by atoms with van der Waals surface area (Å²) in [6.07, 6.45) is -2.78. The van der Waals surface area contributed by atoms with Gasteiger partial charge in [-0.25, -0.2) is 21.2 Å². The third-order valence-corrected chi connectivity index (χ3v) is 16.7. The lowest BCUT2D eigenvalue weighted by Crippen LogP contribution is -2.28. The van der Waals surface area contributed by atoms with Crippen molar-refractivity contribution in [1.82, 2.24) is 14.5 Å². The SMILES string of the molecule is O=C(COc1cccc(S(=O)(=O)CC(O)Cn2c3ccc(Br)cc3c3cc(Br)ccc32)c1)NCc1ccccc1.O=S(=O)(CC(F)Cn1c2ccc(Br)cc2c2cc(Br)ccc21)c1cccc(O)c1. The summed E-state index contributed by atoms with van der Waals surface area (Å²) < 4.78 is 79.5. The van der Waals surface area contributed by atoms with Crippen LogP contribution in [0.4, 0.5) is 4.39 Å². The topological polar surface area (TPSA) is 157 Å². The van der Waals surface area contributed by atoms with Crippen molar-refractivity contribution < 1.29 is 41.0 Å². The molecular formula is C51H42Br4FN3O8S2. The number of phenolic OH excluding ortho intramolecular Hbond substituents is 1. The highest BCUT2D eigenvalue weighted by atomic mass is 79.9. The Hall–Kier alpha value is -5.08. The molecule has 0 radical (unpaired) electrons. The Morgan fingerprint density at radius 1 is 0.580 bits per heavy atom. The number of aliphatic hydroxyl groups is 1. The molecule has 356 valence electrons. The highest BCUT2D eigenvalue weighted by Gasteiger charge is 2.25. The smallest absolute Gasteiger partial charge is 0.258 e. The van der Waals surface area contributed by atoms with Crippen LogP contribution in [0, 0.1) is 0 Å². The van der Waals surface area contributed by atoms with E-state index in [2.05, 4.69) is 69.0 Å². The lowest BCUT2D eigenvalue weighted by molar-refractivity contribution is -0.123. The van der Waals surface area contributed by atoms with Crippen molar-refractivity contribution >= 4 is 133 Å². The van der Waals surface area contributed by atoms with E-state index in [0.29, 0.717) is 6.54 Å². The lowest BCUT2D eigenvalue weighted by Gasteiger charge is -2.15. The molecule has 2 heterocycles. The second-order valence-corrected chi connectivity index (χ2v) is 23.9. The Bertz CT molecular complexity index is 3470. The first kappa shape index (κ1) is 50.3. The van der Waals surface area contributed by atoms with Crippen LogP contribution in [-0.4, -0.2) is 72.5 Å². The maximum atomic E-state index is 15.0. The standard InChI is InChI=1S/C30H26Br2N2O5S.C21H16Br2FNO3S/c31-21-9-11-28-26(13-21)27-14-22(32)10-12-29(27)34(28)17-23(35)19-40(37,38)25-8-4-7-24(15-25)39-18-30(36)33-16-20-5-2-1-3-6-20;22-13-4-6-20-18(8-13)19-9-14(23)5-7-21(19)25(20)11-15(24)12-29(27,28)17-3-1-2-16(26)10-17/h1-15,23,35H,16-19H2,(H,33,36);1-10,15,26H,11-12H2. The van der Waals surface area contributed by atoms with Crippen LogP contribution >= 0.6 is 63.7 Å². The van der Waals surface area contributed by atoms with Gasteiger partial charge in [0.25, 0.3) is 5.91 Å². The van der Waals surface area contributed by atoms with Crippen LogP contribution < -0.4 is 10.1 Å². The van der Waals surface area contributed by atoms with Crippen molar-refractivity contribution in [3.63, 3.8) is 0 Å². The van der Waals surface area contributed by atoms with Crippen molar-refractivity contribution in [2.45, 2.75) is 41.7 Å². The second-order valence-electron chi connectivity index (χ2n) is 16.2. The van der Waals surface area contributed by atoms with Gasteiger partial charge in [-0.15, -0.1) is 0 Å². The summed E-state index contributed by atoms with van der Waals surface area (Å²) in [6.45, 7) is 0.121. The van der Waals surface area contributed by atoms with E-state index in [9.17, 15) is 36.2 Å². The molecule has 69 heavy (non-hydrogen) atoms. The predicted octanol–water partition coefficient (Wildman–Crippen LogP) is 11.7. The van der Waals surface area contributed by atoms with Gasteiger partial charge >= 0.3 is 0 Å². The number of nitrogens with one attached hydrogen (secondary N) is 1. The van der Waals surface area contributed by atoms with E-state index < -0.39 is 43.5 Å². The Labute approximate surface area is 431 Å². The molecule has 9 rings (SSSR count). The largest absolute Gasteiger partial charge is 0.508 e. The maximum absolute atomic E-state index is 15.0. The molecule has 0 fully saturated rings. The molecule has 7 aromatic carbocycles. The summed E-state index contributed by atoms with van der Waals surface area (Å²) in [4.78, 5) is 12.1. The number of aromatic nitrogens is 2. The van der Waals surface area contributed by atoms with E-state index in [4.69, 9.17) is 4.74 Å². The number of rotatable bonds is 15. The predicted molar refractivity (Wildman–Crippen MR) is 283 cm³/mol. The average molecular weight is 1230 g/mol. The minimum atomic E-state index is -3.87. The first-order chi connectivity index (χ1) is 32.9. The molecule has 9 aromatic rings. The van der Waals surface area contributed by atoms with Gasteiger partial charge in [0.2, 0.25) is 0 Å². The van der Waals surface area contributed by atoms with Crippen molar-refractivity contribution in [2.75, 3.05) is 18.1 Å². The van der Waals surface area contributed by atoms with Crippen LogP contribution in [0.2, 0.25) is 0 Å². The molecule has 11 nitrogen and oxygen atoms in total. The van der Waals surface area contributed by atoms with Crippen LogP contribution in [0.15, 0.2) is 179 Å². The van der Waals surface area contributed by atoms with E-state index in [1.807, 2.05) is 112 Å². The fourth-order valence-electron chi connectivity index (χ4n) is 8.12. The quantitative estimate of drug-likeness (QED) is 0.0916. The Kier molecular flexibility index (Phi) is 15.7. The molecule has 0 aliphatic carbocycles. The number of hydrogen-bond donors (Lipinski definition) is 3. The van der Waals surface area contributed by atoms with Gasteiger partial charge in [0.05, 0.1) is 40.5 Å². The molecular weight excluding hydrogens is 1190 g/mol. The number of sulfone groups is 2. The summed E-state index contributed by atoms with van der Waals surface area (Å²) in [6, 6.07) is 44.0. The van der Waals surface area contributed by atoms with Crippen LogP contribution in [0.1, 0.15) is 5.56 Å². The highest BCUT2D eigenvalue weighted by Crippen LogP contribution is 2.35. The highest BCUT2D eigenvalue weighted by molar-refractivity contribution is 9.11. The van der Waals surface area contributed by atoms with E-state index in [-0.39, 0.29) is 46.9 Å². The molecule has 2 atom stereocenters. The number of carbonyl (C=O) groups excluding carboxylic acids is 1. The number of fused-ring (bicyclic) bond motifs is 6. The van der Waals surface area contributed by atoms with Crippen LogP contribution in [0.3, 0.4) is 0 Å². The fourth-order valence-corrected chi connectivity index (χ4v) is 12.3. The van der Waals surface area contributed by atoms with E-state index >= 15 is 0 Å². The summed E-state index contributed by atoms with van der Waals surface area (Å²) in [5.74, 6) is -1.37. The van der Waals surface area contributed by atoms with Crippen molar-refractivity contribution in [3.05, 3.63) is 175 Å². The van der Waals surface area contributed by atoms with E-state index in [1.165, 1.54) is 30.3 Å². The Morgan fingerprint density at radius 3 is 1.55 bits per heavy atom. The number of phenols is 1. The number of hydrogen-bond acceptors (Lipinski definition) is 8. The minimum absolute atomic E-state index is 0.0174. The van der Waals surface area contributed by atoms with Gasteiger partial charge in [0.15, 0.2) is 26.3 Å². The fraction of sp³-hybridized carbons (Fsp3) is 0.157. The normalized spacial score (nSPS) is 12.8. The zero-order chi connectivity index (χ0) is 49.0. The molecule has 0 saturated carbocycles. The van der Waals surface area contributed by atoms with E-state index in [0.717, 1.165) is 73.1 Å². The van der Waals surface area contributed by atoms with Gasteiger partial charge in [-0.1, -0.05) is 106 Å². The minimum Gasteiger partial charge on any atom is -0.508 e. The van der Waals surface area contributed by atoms with Gasteiger partial charge in [0, 0.05) is 68.0 Å². The summed E-state index contributed by atoms with van der Waals surface area (Å²) >= 11 is 14.0. The number of ether oxygens (including phenoxy) is 1. The van der Waals surface area contributed by atoms with Crippen molar-refractivity contribution in [3.8, 4) is 11.5 Å². The Balaban J connectivity index is 0.000000196. The van der Waals surface area contributed by atoms with Crippen LogP contribution in [0.25, 0.3) is 43.6 Å². The van der Waals surface area contributed by atoms with Gasteiger partial charge < -0.3 is 29.4 Å². The van der Waals surface area contributed by atoms with Crippen molar-refractivity contribution in [2.24, 2.45) is 0 Å². The van der Waals surface area contributed by atoms with Gasteiger partial charge in [-0.3, -0.25) is 4.79 Å². The molecule has 0 aliphatic rings.